The second-order valence-electron chi connectivity index (χ2n) is 3.61. The van der Waals surface area contributed by atoms with Gasteiger partial charge in [-0.1, -0.05) is 24.3 Å². The summed E-state index contributed by atoms with van der Waals surface area (Å²) in [4.78, 5) is 34.6. The van der Waals surface area contributed by atoms with Crippen molar-refractivity contribution >= 4 is 17.5 Å². The van der Waals surface area contributed by atoms with Crippen molar-refractivity contribution in [3.05, 3.63) is 46.8 Å². The van der Waals surface area contributed by atoms with Crippen LogP contribution in [0.25, 0.3) is 0 Å². The van der Waals surface area contributed by atoms with Gasteiger partial charge in [0.05, 0.1) is 0 Å². The lowest BCUT2D eigenvalue weighted by atomic mass is 9.91. The Hall–Kier alpha value is -2.43. The van der Waals surface area contributed by atoms with E-state index in [1.807, 2.05) is 0 Å². The average molecular weight is 231 g/mol. The number of nitrogens with one attached hydrogen (secondary N) is 1. The van der Waals surface area contributed by atoms with E-state index in [9.17, 15) is 19.5 Å². The summed E-state index contributed by atoms with van der Waals surface area (Å²) >= 11 is 0. The highest BCUT2D eigenvalue weighted by Gasteiger charge is 2.32. The lowest BCUT2D eigenvalue weighted by Gasteiger charge is -2.17. The first kappa shape index (κ1) is 11.1. The van der Waals surface area contributed by atoms with Crippen LogP contribution < -0.4 is 5.32 Å². The van der Waals surface area contributed by atoms with Crippen molar-refractivity contribution in [2.75, 3.05) is 0 Å². The number of ketones is 2. The number of carbonyl (C=O) groups is 3. The van der Waals surface area contributed by atoms with Crippen LogP contribution in [0.5, 0.6) is 0 Å². The number of hydrogen-bond donors (Lipinski definition) is 2. The van der Waals surface area contributed by atoms with Gasteiger partial charge in [-0.05, 0) is 0 Å². The predicted molar refractivity (Wildman–Crippen MR) is 58.6 cm³/mol. The van der Waals surface area contributed by atoms with Gasteiger partial charge in [-0.2, -0.15) is 0 Å². The minimum absolute atomic E-state index is 0.143. The fourth-order valence-electron chi connectivity index (χ4n) is 1.65. The SMILES string of the molecule is CC(=O)NC1=C(O)C(=O)c2ccccc2C1=O. The maximum absolute atomic E-state index is 11.9. The fourth-order valence-corrected chi connectivity index (χ4v) is 1.65. The van der Waals surface area contributed by atoms with Gasteiger partial charge in [0, 0.05) is 18.1 Å². The lowest BCUT2D eigenvalue weighted by Crippen LogP contribution is -2.32. The maximum Gasteiger partial charge on any atom is 0.230 e. The molecule has 0 saturated carbocycles. The number of benzene rings is 1. The minimum Gasteiger partial charge on any atom is -0.503 e. The molecule has 0 fully saturated rings. The van der Waals surface area contributed by atoms with Crippen LogP contribution in [-0.2, 0) is 4.79 Å². The van der Waals surface area contributed by atoms with E-state index in [1.165, 1.54) is 19.1 Å². The van der Waals surface area contributed by atoms with E-state index in [-0.39, 0.29) is 16.8 Å². The summed E-state index contributed by atoms with van der Waals surface area (Å²) < 4.78 is 0. The number of aliphatic hydroxyl groups is 1. The van der Waals surface area contributed by atoms with Gasteiger partial charge in [0.2, 0.25) is 17.5 Å². The third-order valence-electron chi connectivity index (χ3n) is 2.40. The number of hydrogen-bond acceptors (Lipinski definition) is 4. The summed E-state index contributed by atoms with van der Waals surface area (Å²) in [6.45, 7) is 1.19. The van der Waals surface area contributed by atoms with Gasteiger partial charge in [0.15, 0.2) is 5.76 Å². The summed E-state index contributed by atoms with van der Waals surface area (Å²) in [6.07, 6.45) is 0. The second-order valence-corrected chi connectivity index (χ2v) is 3.61. The molecule has 0 heterocycles. The summed E-state index contributed by atoms with van der Waals surface area (Å²) in [5, 5.41) is 11.8. The Morgan fingerprint density at radius 3 is 2.18 bits per heavy atom. The molecule has 2 rings (SSSR count). The topological polar surface area (TPSA) is 83.5 Å². The van der Waals surface area contributed by atoms with Crippen molar-refractivity contribution in [3.63, 3.8) is 0 Å². The fraction of sp³-hybridized carbons (Fsp3) is 0.0833. The molecular formula is C12H9NO4. The highest BCUT2D eigenvalue weighted by Crippen LogP contribution is 2.23. The van der Waals surface area contributed by atoms with Crippen molar-refractivity contribution in [1.82, 2.24) is 5.32 Å². The Kier molecular flexibility index (Phi) is 2.51. The molecule has 0 atom stereocenters. The van der Waals surface area contributed by atoms with Crippen molar-refractivity contribution in [1.29, 1.82) is 0 Å². The predicted octanol–water partition coefficient (Wildman–Crippen LogP) is 0.971. The van der Waals surface area contributed by atoms with E-state index in [2.05, 4.69) is 5.32 Å². The number of Topliss-reactive ketones (excluding diaryl/α,β-unsaturated/α-hetero) is 2. The molecule has 86 valence electrons. The molecular weight excluding hydrogens is 222 g/mol. The van der Waals surface area contributed by atoms with Gasteiger partial charge in [0.25, 0.3) is 0 Å². The van der Waals surface area contributed by atoms with Gasteiger partial charge < -0.3 is 10.4 Å². The molecule has 1 aromatic carbocycles. The number of rotatable bonds is 1. The molecule has 2 N–H and O–H groups in total. The second kappa shape index (κ2) is 3.86. The number of carbonyl (C=O) groups excluding carboxylic acids is 3. The van der Waals surface area contributed by atoms with E-state index < -0.39 is 23.2 Å². The summed E-state index contributed by atoms with van der Waals surface area (Å²) in [7, 11) is 0. The standard InChI is InChI=1S/C12H9NO4/c1-6(14)13-9-10(15)7-4-2-3-5-8(7)11(16)12(9)17/h2-5,17H,1H3,(H,13,14). The third kappa shape index (κ3) is 1.71. The van der Waals surface area contributed by atoms with Crippen LogP contribution in [0.3, 0.4) is 0 Å². The molecule has 5 heteroatoms. The van der Waals surface area contributed by atoms with Crippen molar-refractivity contribution < 1.29 is 19.5 Å². The zero-order valence-corrected chi connectivity index (χ0v) is 8.98. The third-order valence-corrected chi connectivity index (χ3v) is 2.40. The molecule has 0 bridgehead atoms. The molecule has 5 nitrogen and oxygen atoms in total. The molecule has 17 heavy (non-hydrogen) atoms. The van der Waals surface area contributed by atoms with Crippen LogP contribution in [-0.4, -0.2) is 22.6 Å². The number of fused-ring (bicyclic) bond motifs is 1. The number of amides is 1. The van der Waals surface area contributed by atoms with Gasteiger partial charge >= 0.3 is 0 Å². The molecule has 0 aromatic heterocycles. The molecule has 0 unspecified atom stereocenters. The highest BCUT2D eigenvalue weighted by atomic mass is 16.3. The van der Waals surface area contributed by atoms with Crippen LogP contribution in [0.2, 0.25) is 0 Å². The van der Waals surface area contributed by atoms with Crippen molar-refractivity contribution in [2.45, 2.75) is 6.92 Å². The molecule has 0 radical (unpaired) electrons. The number of allylic oxidation sites excluding steroid dienone is 2. The Balaban J connectivity index is 2.58. The Bertz CT molecular complexity index is 572. The van der Waals surface area contributed by atoms with Gasteiger partial charge in [-0.25, -0.2) is 0 Å². The quantitative estimate of drug-likeness (QED) is 0.754. The molecule has 1 aliphatic carbocycles. The monoisotopic (exact) mass is 231 g/mol. The molecule has 0 aliphatic heterocycles. The maximum atomic E-state index is 11.9. The first-order valence-corrected chi connectivity index (χ1v) is 4.91. The first-order valence-electron chi connectivity index (χ1n) is 4.91. The van der Waals surface area contributed by atoms with Gasteiger partial charge in [-0.15, -0.1) is 0 Å². The highest BCUT2D eigenvalue weighted by molar-refractivity contribution is 6.26. The zero-order valence-electron chi connectivity index (χ0n) is 8.98. The smallest absolute Gasteiger partial charge is 0.230 e. The molecule has 0 saturated heterocycles. The average Bonchev–Trinajstić information content (AvgIpc) is 2.31. The van der Waals surface area contributed by atoms with E-state index >= 15 is 0 Å². The Morgan fingerprint density at radius 1 is 1.12 bits per heavy atom. The van der Waals surface area contributed by atoms with Crippen LogP contribution in [0.1, 0.15) is 27.6 Å². The number of aliphatic hydroxyl groups excluding tert-OH is 1. The molecule has 1 aromatic rings. The van der Waals surface area contributed by atoms with Crippen LogP contribution >= 0.6 is 0 Å². The van der Waals surface area contributed by atoms with Crippen molar-refractivity contribution in [3.8, 4) is 0 Å². The van der Waals surface area contributed by atoms with Gasteiger partial charge in [-0.3, -0.25) is 14.4 Å². The summed E-state index contributed by atoms with van der Waals surface area (Å²) in [5.74, 6) is -2.46. The van der Waals surface area contributed by atoms with E-state index in [0.717, 1.165) is 0 Å². The molecule has 1 aliphatic rings. The first-order chi connectivity index (χ1) is 8.02. The van der Waals surface area contributed by atoms with Crippen LogP contribution in [0, 0.1) is 0 Å². The van der Waals surface area contributed by atoms with Gasteiger partial charge in [0.1, 0.15) is 5.70 Å². The van der Waals surface area contributed by atoms with Crippen molar-refractivity contribution in [2.24, 2.45) is 0 Å². The molecule has 0 spiro atoms. The lowest BCUT2D eigenvalue weighted by molar-refractivity contribution is -0.118. The van der Waals surface area contributed by atoms with Crippen LogP contribution in [0.4, 0.5) is 0 Å². The Labute approximate surface area is 96.8 Å². The normalized spacial score (nSPS) is 14.6. The van der Waals surface area contributed by atoms with E-state index in [4.69, 9.17) is 0 Å². The molecule has 1 amide bonds. The Morgan fingerprint density at radius 2 is 1.65 bits per heavy atom. The van der Waals surface area contributed by atoms with E-state index in [0.29, 0.717) is 0 Å². The minimum atomic E-state index is -0.719. The van der Waals surface area contributed by atoms with Crippen LogP contribution in [0.15, 0.2) is 35.7 Å². The zero-order chi connectivity index (χ0) is 12.6. The largest absolute Gasteiger partial charge is 0.503 e. The van der Waals surface area contributed by atoms with E-state index in [1.54, 1.807) is 12.1 Å². The summed E-state index contributed by atoms with van der Waals surface area (Å²) in [6, 6.07) is 6.14. The summed E-state index contributed by atoms with van der Waals surface area (Å²) in [5.41, 5.74) is -0.0376.